The Morgan fingerprint density at radius 1 is 0.926 bits per heavy atom. The van der Waals surface area contributed by atoms with Crippen molar-refractivity contribution in [3.63, 3.8) is 0 Å². The number of hydrogen-bond donors (Lipinski definition) is 0. The summed E-state index contributed by atoms with van der Waals surface area (Å²) in [6, 6.07) is 16.9. The van der Waals surface area contributed by atoms with Crippen LogP contribution < -0.4 is 0 Å². The second kappa shape index (κ2) is 6.13. The number of thioether (sulfide) groups is 1. The van der Waals surface area contributed by atoms with E-state index in [-0.39, 0.29) is 0 Å². The highest BCUT2D eigenvalue weighted by molar-refractivity contribution is 7.98. The predicted octanol–water partition coefficient (Wildman–Crippen LogP) is 4.44. The highest BCUT2D eigenvalue weighted by Crippen LogP contribution is 2.30. The molecule has 5 aromatic rings. The minimum atomic E-state index is 0.314. The highest BCUT2D eigenvalue weighted by Gasteiger charge is 2.19. The molecule has 0 N–H and O–H groups in total. The van der Waals surface area contributed by atoms with E-state index in [9.17, 15) is 0 Å². The summed E-state index contributed by atoms with van der Waals surface area (Å²) in [4.78, 5) is 4.77. The fourth-order valence-electron chi connectivity index (χ4n) is 3.65. The lowest BCUT2D eigenvalue weighted by atomic mass is 10.3. The zero-order valence-corrected chi connectivity index (χ0v) is 16.3. The molecular formula is C20H20N6S. The van der Waals surface area contributed by atoms with Gasteiger partial charge in [0, 0.05) is 13.1 Å². The van der Waals surface area contributed by atoms with Gasteiger partial charge < -0.3 is 9.13 Å². The molecule has 0 aliphatic rings. The summed E-state index contributed by atoms with van der Waals surface area (Å²) < 4.78 is 6.54. The number of imidazole rings is 2. The molecule has 136 valence electrons. The lowest BCUT2D eigenvalue weighted by molar-refractivity contribution is 0.631. The van der Waals surface area contributed by atoms with E-state index < -0.39 is 0 Å². The van der Waals surface area contributed by atoms with Crippen LogP contribution in [0.15, 0.2) is 53.7 Å². The molecule has 0 fully saturated rings. The van der Waals surface area contributed by atoms with Crippen LogP contribution in [0.1, 0.15) is 25.7 Å². The smallest absolute Gasteiger partial charge is 0.237 e. The average molecular weight is 376 g/mol. The first-order valence-electron chi connectivity index (χ1n) is 9.02. The molecule has 0 saturated carbocycles. The van der Waals surface area contributed by atoms with Gasteiger partial charge in [0.05, 0.1) is 27.8 Å². The van der Waals surface area contributed by atoms with Crippen LogP contribution in [-0.4, -0.2) is 28.7 Å². The van der Waals surface area contributed by atoms with E-state index in [1.54, 1.807) is 11.8 Å². The molecule has 0 aliphatic heterocycles. The van der Waals surface area contributed by atoms with E-state index in [2.05, 4.69) is 81.0 Å². The molecule has 0 unspecified atom stereocenters. The van der Waals surface area contributed by atoms with Crippen molar-refractivity contribution < 1.29 is 0 Å². The Bertz CT molecular complexity index is 1280. The molecule has 2 aromatic carbocycles. The SMILES string of the molecule is CC(C)n1c2ccccc2n2c(SCc3nc4ccccc4n3C)nnc12. The molecule has 0 atom stereocenters. The van der Waals surface area contributed by atoms with Gasteiger partial charge in [0.2, 0.25) is 5.78 Å². The van der Waals surface area contributed by atoms with E-state index in [0.717, 1.165) is 39.1 Å². The molecule has 0 amide bonds. The molecule has 0 aliphatic carbocycles. The topological polar surface area (TPSA) is 52.9 Å². The van der Waals surface area contributed by atoms with Gasteiger partial charge in [0.25, 0.3) is 0 Å². The fourth-order valence-corrected chi connectivity index (χ4v) is 4.57. The van der Waals surface area contributed by atoms with Gasteiger partial charge in [0.1, 0.15) is 5.82 Å². The summed E-state index contributed by atoms with van der Waals surface area (Å²) in [5.41, 5.74) is 4.50. The van der Waals surface area contributed by atoms with E-state index in [1.807, 2.05) is 12.1 Å². The van der Waals surface area contributed by atoms with Gasteiger partial charge >= 0.3 is 0 Å². The molecule has 0 saturated heterocycles. The zero-order chi connectivity index (χ0) is 18.5. The van der Waals surface area contributed by atoms with E-state index in [1.165, 1.54) is 5.52 Å². The average Bonchev–Trinajstić information content (AvgIpc) is 3.31. The van der Waals surface area contributed by atoms with Crippen LogP contribution in [0.2, 0.25) is 0 Å². The predicted molar refractivity (Wildman–Crippen MR) is 109 cm³/mol. The summed E-state index contributed by atoms with van der Waals surface area (Å²) in [7, 11) is 2.06. The Morgan fingerprint density at radius 2 is 1.63 bits per heavy atom. The molecule has 3 aromatic heterocycles. The van der Waals surface area contributed by atoms with Crippen LogP contribution in [0.4, 0.5) is 0 Å². The first-order chi connectivity index (χ1) is 13.1. The van der Waals surface area contributed by atoms with Crippen LogP contribution >= 0.6 is 11.8 Å². The third kappa shape index (κ3) is 2.45. The second-order valence-corrected chi connectivity index (χ2v) is 7.88. The number of nitrogens with zero attached hydrogens (tertiary/aromatic N) is 6. The molecule has 0 radical (unpaired) electrons. The Kier molecular flexibility index (Phi) is 3.72. The quantitative estimate of drug-likeness (QED) is 0.435. The van der Waals surface area contributed by atoms with E-state index in [0.29, 0.717) is 6.04 Å². The standard InChI is InChI=1S/C20H20N6S/c1-13(2)25-16-10-6-7-11-17(16)26-19(25)22-23-20(26)27-12-18-21-14-8-4-5-9-15(14)24(18)3/h4-11,13H,12H2,1-3H3. The van der Waals surface area contributed by atoms with Gasteiger partial charge in [0.15, 0.2) is 5.16 Å². The molecule has 6 nitrogen and oxygen atoms in total. The Labute approximate surface area is 160 Å². The number of benzene rings is 2. The fraction of sp³-hybridized carbons (Fsp3) is 0.250. The van der Waals surface area contributed by atoms with Crippen molar-refractivity contribution in [2.45, 2.75) is 30.8 Å². The molecule has 5 rings (SSSR count). The van der Waals surface area contributed by atoms with Crippen LogP contribution in [-0.2, 0) is 12.8 Å². The second-order valence-electron chi connectivity index (χ2n) is 6.93. The number of para-hydroxylation sites is 4. The molecule has 7 heteroatoms. The summed E-state index contributed by atoms with van der Waals surface area (Å²) in [6.07, 6.45) is 0. The van der Waals surface area contributed by atoms with Gasteiger partial charge in [-0.25, -0.2) is 4.98 Å². The number of aromatic nitrogens is 6. The summed E-state index contributed by atoms with van der Waals surface area (Å²) in [5.74, 6) is 2.66. The maximum Gasteiger partial charge on any atom is 0.237 e. The van der Waals surface area contributed by atoms with Crippen molar-refractivity contribution in [2.24, 2.45) is 7.05 Å². The van der Waals surface area contributed by atoms with Crippen molar-refractivity contribution in [1.29, 1.82) is 0 Å². The van der Waals surface area contributed by atoms with E-state index in [4.69, 9.17) is 4.98 Å². The third-order valence-corrected chi connectivity index (χ3v) is 5.87. The van der Waals surface area contributed by atoms with Crippen molar-refractivity contribution in [1.82, 2.24) is 28.7 Å². The largest absolute Gasteiger partial charge is 0.330 e. The normalized spacial score (nSPS) is 12.1. The van der Waals surface area contributed by atoms with Gasteiger partial charge in [-0.05, 0) is 38.1 Å². The van der Waals surface area contributed by atoms with Gasteiger partial charge in [-0.3, -0.25) is 4.40 Å². The molecule has 3 heterocycles. The minimum absolute atomic E-state index is 0.314. The van der Waals surface area contributed by atoms with Crippen molar-refractivity contribution in [2.75, 3.05) is 0 Å². The minimum Gasteiger partial charge on any atom is -0.330 e. The van der Waals surface area contributed by atoms with Gasteiger partial charge in [-0.2, -0.15) is 0 Å². The third-order valence-electron chi connectivity index (χ3n) is 4.94. The summed E-state index contributed by atoms with van der Waals surface area (Å²) in [6.45, 7) is 4.35. The summed E-state index contributed by atoms with van der Waals surface area (Å²) in [5, 5.41) is 9.84. The monoisotopic (exact) mass is 376 g/mol. The maximum atomic E-state index is 4.77. The Balaban J connectivity index is 1.57. The maximum absolute atomic E-state index is 4.77. The lowest BCUT2D eigenvalue weighted by Gasteiger charge is -2.07. The van der Waals surface area contributed by atoms with Crippen molar-refractivity contribution >= 4 is 39.6 Å². The van der Waals surface area contributed by atoms with Crippen LogP contribution in [0.25, 0.3) is 27.8 Å². The molecular weight excluding hydrogens is 356 g/mol. The number of fused-ring (bicyclic) bond motifs is 4. The first kappa shape index (κ1) is 16.4. The van der Waals surface area contributed by atoms with Crippen LogP contribution in [0.3, 0.4) is 0 Å². The number of rotatable bonds is 4. The van der Waals surface area contributed by atoms with Crippen molar-refractivity contribution in [3.8, 4) is 0 Å². The van der Waals surface area contributed by atoms with Crippen LogP contribution in [0, 0.1) is 0 Å². The lowest BCUT2D eigenvalue weighted by Crippen LogP contribution is -2.00. The Hall–Kier alpha value is -2.80. The summed E-state index contributed by atoms with van der Waals surface area (Å²) >= 11 is 1.67. The first-order valence-corrected chi connectivity index (χ1v) is 10.0. The van der Waals surface area contributed by atoms with Crippen LogP contribution in [0.5, 0.6) is 0 Å². The van der Waals surface area contributed by atoms with Crippen molar-refractivity contribution in [3.05, 3.63) is 54.4 Å². The van der Waals surface area contributed by atoms with Gasteiger partial charge in [-0.1, -0.05) is 36.0 Å². The number of hydrogen-bond acceptors (Lipinski definition) is 4. The van der Waals surface area contributed by atoms with Gasteiger partial charge in [-0.15, -0.1) is 10.2 Å². The Morgan fingerprint density at radius 3 is 2.37 bits per heavy atom. The number of aryl methyl sites for hydroxylation is 1. The molecule has 27 heavy (non-hydrogen) atoms. The van der Waals surface area contributed by atoms with E-state index >= 15 is 0 Å². The molecule has 0 bridgehead atoms. The zero-order valence-electron chi connectivity index (χ0n) is 15.5. The highest BCUT2D eigenvalue weighted by atomic mass is 32.2. The molecule has 0 spiro atoms.